The predicted molar refractivity (Wildman–Crippen MR) is 75.9 cm³/mol. The van der Waals surface area contributed by atoms with Crippen LogP contribution in [0.2, 0.25) is 0 Å². The Hall–Kier alpha value is -1.46. The van der Waals surface area contributed by atoms with Gasteiger partial charge in [-0.05, 0) is 38.3 Å². The van der Waals surface area contributed by atoms with Crippen LogP contribution < -0.4 is 10.6 Å². The zero-order chi connectivity index (χ0) is 15.3. The lowest BCUT2D eigenvalue weighted by Gasteiger charge is -2.18. The molecule has 1 heterocycles. The van der Waals surface area contributed by atoms with Crippen molar-refractivity contribution < 1.29 is 13.2 Å². The third-order valence-electron chi connectivity index (χ3n) is 2.73. The van der Waals surface area contributed by atoms with E-state index in [0.717, 1.165) is 18.6 Å². The molecule has 0 bridgehead atoms. The molecule has 1 unspecified atom stereocenters. The highest BCUT2D eigenvalue weighted by atomic mass is 19.4. The maximum atomic E-state index is 12.9. The van der Waals surface area contributed by atoms with E-state index in [1.807, 2.05) is 13.8 Å². The molecule has 0 radical (unpaired) electrons. The molecule has 0 amide bonds. The molecule has 0 aliphatic rings. The highest BCUT2D eigenvalue weighted by molar-refractivity contribution is 5.50. The monoisotopic (exact) mass is 289 g/mol. The van der Waals surface area contributed by atoms with Crippen LogP contribution in [0.3, 0.4) is 0 Å². The van der Waals surface area contributed by atoms with E-state index in [4.69, 9.17) is 0 Å². The second kappa shape index (κ2) is 6.81. The van der Waals surface area contributed by atoms with E-state index in [9.17, 15) is 13.2 Å². The molecule has 20 heavy (non-hydrogen) atoms. The molecule has 1 atom stereocenters. The zero-order valence-electron chi connectivity index (χ0n) is 12.3. The Bertz CT molecular complexity index is 430. The molecular weight excluding hydrogens is 267 g/mol. The van der Waals surface area contributed by atoms with Gasteiger partial charge in [0, 0.05) is 12.6 Å². The first-order valence-electron chi connectivity index (χ1n) is 6.82. The third kappa shape index (κ3) is 5.27. The van der Waals surface area contributed by atoms with E-state index in [0.29, 0.717) is 12.5 Å². The predicted octanol–water partition coefficient (Wildman–Crippen LogP) is 4.38. The summed E-state index contributed by atoms with van der Waals surface area (Å²) in [5.74, 6) is 0.960. The van der Waals surface area contributed by atoms with E-state index in [2.05, 4.69) is 29.5 Å². The van der Waals surface area contributed by atoms with Crippen LogP contribution in [0.5, 0.6) is 0 Å². The highest BCUT2D eigenvalue weighted by Crippen LogP contribution is 2.32. The van der Waals surface area contributed by atoms with Gasteiger partial charge in [0.2, 0.25) is 0 Å². The van der Waals surface area contributed by atoms with Crippen LogP contribution in [-0.4, -0.2) is 17.6 Å². The van der Waals surface area contributed by atoms with Gasteiger partial charge in [0.15, 0.2) is 0 Å². The van der Waals surface area contributed by atoms with Crippen molar-refractivity contribution in [2.45, 2.75) is 46.3 Å². The molecule has 0 aliphatic carbocycles. The quantitative estimate of drug-likeness (QED) is 0.816. The molecular formula is C14H22F3N3. The van der Waals surface area contributed by atoms with Crippen LogP contribution in [0.15, 0.2) is 12.1 Å². The van der Waals surface area contributed by atoms with Crippen molar-refractivity contribution in [3.05, 3.63) is 17.7 Å². The Balaban J connectivity index is 2.97. The standard InChI is InChI=1S/C14H22F3N3/c1-5-18-12-7-11(14(15,16)17)8-13(20-12)19-10(4)6-9(2)3/h7-10H,5-6H2,1-4H3,(H2,18,19,20). The van der Waals surface area contributed by atoms with Crippen LogP contribution >= 0.6 is 0 Å². The average molecular weight is 289 g/mol. The molecule has 0 saturated heterocycles. The van der Waals surface area contributed by atoms with Gasteiger partial charge in [-0.1, -0.05) is 13.8 Å². The summed E-state index contributed by atoms with van der Waals surface area (Å²) in [6.07, 6.45) is -3.50. The Morgan fingerprint density at radius 2 is 1.75 bits per heavy atom. The minimum absolute atomic E-state index is 0.0699. The van der Waals surface area contributed by atoms with Crippen molar-refractivity contribution in [3.63, 3.8) is 0 Å². The van der Waals surface area contributed by atoms with E-state index >= 15 is 0 Å². The van der Waals surface area contributed by atoms with E-state index in [1.54, 1.807) is 0 Å². The SMILES string of the molecule is CCNc1cc(C(F)(F)F)cc(NC(C)CC(C)C)n1. The second-order valence-corrected chi connectivity index (χ2v) is 5.33. The number of hydrogen-bond acceptors (Lipinski definition) is 3. The lowest BCUT2D eigenvalue weighted by Crippen LogP contribution is -2.19. The van der Waals surface area contributed by atoms with Crippen LogP contribution in [0.1, 0.15) is 39.7 Å². The van der Waals surface area contributed by atoms with Gasteiger partial charge in [0.05, 0.1) is 5.56 Å². The molecule has 114 valence electrons. The fourth-order valence-corrected chi connectivity index (χ4v) is 2.06. The number of alkyl halides is 3. The summed E-state index contributed by atoms with van der Waals surface area (Å²) in [7, 11) is 0. The highest BCUT2D eigenvalue weighted by Gasteiger charge is 2.31. The van der Waals surface area contributed by atoms with Gasteiger partial charge < -0.3 is 10.6 Å². The summed E-state index contributed by atoms with van der Waals surface area (Å²) in [6.45, 7) is 8.42. The van der Waals surface area contributed by atoms with Crippen molar-refractivity contribution in [3.8, 4) is 0 Å². The van der Waals surface area contributed by atoms with Crippen molar-refractivity contribution in [1.82, 2.24) is 4.98 Å². The molecule has 1 aromatic rings. The summed E-state index contributed by atoms with van der Waals surface area (Å²) in [5.41, 5.74) is -0.692. The van der Waals surface area contributed by atoms with Crippen molar-refractivity contribution >= 4 is 11.6 Å². The minimum atomic E-state index is -4.37. The molecule has 1 aromatic heterocycles. The number of nitrogens with zero attached hydrogens (tertiary/aromatic N) is 1. The van der Waals surface area contributed by atoms with Gasteiger partial charge in [-0.25, -0.2) is 4.98 Å². The first-order valence-corrected chi connectivity index (χ1v) is 6.82. The number of hydrogen-bond donors (Lipinski definition) is 2. The van der Waals surface area contributed by atoms with Crippen molar-refractivity contribution in [1.29, 1.82) is 0 Å². The third-order valence-corrected chi connectivity index (χ3v) is 2.73. The van der Waals surface area contributed by atoms with E-state index in [1.165, 1.54) is 0 Å². The largest absolute Gasteiger partial charge is 0.416 e. The van der Waals surface area contributed by atoms with Gasteiger partial charge in [0.25, 0.3) is 0 Å². The summed E-state index contributed by atoms with van der Waals surface area (Å²) in [4.78, 5) is 4.16. The fourth-order valence-electron chi connectivity index (χ4n) is 2.06. The zero-order valence-corrected chi connectivity index (χ0v) is 12.3. The van der Waals surface area contributed by atoms with Gasteiger partial charge in [-0.15, -0.1) is 0 Å². The molecule has 3 nitrogen and oxygen atoms in total. The van der Waals surface area contributed by atoms with Gasteiger partial charge in [0.1, 0.15) is 11.6 Å². The summed E-state index contributed by atoms with van der Waals surface area (Å²) in [6, 6.07) is 2.15. The first-order chi connectivity index (χ1) is 9.22. The topological polar surface area (TPSA) is 37.0 Å². The van der Waals surface area contributed by atoms with Gasteiger partial charge in [-0.2, -0.15) is 13.2 Å². The molecule has 2 N–H and O–H groups in total. The van der Waals surface area contributed by atoms with Crippen LogP contribution in [0.25, 0.3) is 0 Å². The second-order valence-electron chi connectivity index (χ2n) is 5.33. The number of rotatable bonds is 6. The molecule has 0 aromatic carbocycles. The average Bonchev–Trinajstić information content (AvgIpc) is 2.26. The number of nitrogens with one attached hydrogen (secondary N) is 2. The Kier molecular flexibility index (Phi) is 5.65. The maximum absolute atomic E-state index is 12.9. The van der Waals surface area contributed by atoms with Gasteiger partial charge in [-0.3, -0.25) is 0 Å². The van der Waals surface area contributed by atoms with E-state index < -0.39 is 11.7 Å². The van der Waals surface area contributed by atoms with Crippen LogP contribution in [-0.2, 0) is 6.18 Å². The van der Waals surface area contributed by atoms with Gasteiger partial charge >= 0.3 is 6.18 Å². The van der Waals surface area contributed by atoms with Crippen LogP contribution in [0.4, 0.5) is 24.8 Å². The van der Waals surface area contributed by atoms with E-state index in [-0.39, 0.29) is 17.7 Å². The van der Waals surface area contributed by atoms with Crippen molar-refractivity contribution in [2.75, 3.05) is 17.2 Å². The summed E-state index contributed by atoms with van der Waals surface area (Å²) in [5, 5.41) is 5.86. The molecule has 0 spiro atoms. The molecule has 0 saturated carbocycles. The number of anilines is 2. The summed E-state index contributed by atoms with van der Waals surface area (Å²) < 4.78 is 38.6. The lowest BCUT2D eigenvalue weighted by atomic mass is 10.1. The van der Waals surface area contributed by atoms with Crippen molar-refractivity contribution in [2.24, 2.45) is 5.92 Å². The molecule has 0 fully saturated rings. The fraction of sp³-hybridized carbons (Fsp3) is 0.643. The lowest BCUT2D eigenvalue weighted by molar-refractivity contribution is -0.137. The number of pyridine rings is 1. The molecule has 6 heteroatoms. The first kappa shape index (κ1) is 16.6. The Labute approximate surface area is 118 Å². The number of halogens is 3. The Morgan fingerprint density at radius 3 is 2.25 bits per heavy atom. The normalized spacial score (nSPS) is 13.4. The minimum Gasteiger partial charge on any atom is -0.370 e. The molecule has 0 aliphatic heterocycles. The smallest absolute Gasteiger partial charge is 0.370 e. The number of aromatic nitrogens is 1. The Morgan fingerprint density at radius 1 is 1.15 bits per heavy atom. The molecule has 1 rings (SSSR count). The maximum Gasteiger partial charge on any atom is 0.416 e. The summed E-state index contributed by atoms with van der Waals surface area (Å²) >= 11 is 0. The van der Waals surface area contributed by atoms with Crippen LogP contribution in [0, 0.1) is 5.92 Å².